The van der Waals surface area contributed by atoms with Gasteiger partial charge in [-0.15, -0.1) is 0 Å². The van der Waals surface area contributed by atoms with Gasteiger partial charge in [0.05, 0.1) is 16.1 Å². The Morgan fingerprint density at radius 2 is 1.76 bits per heavy atom. The Labute approximate surface area is 198 Å². The summed E-state index contributed by atoms with van der Waals surface area (Å²) in [4.78, 5) is 28.5. The van der Waals surface area contributed by atoms with Crippen LogP contribution in [0.3, 0.4) is 0 Å². The van der Waals surface area contributed by atoms with E-state index in [1.165, 1.54) is 24.3 Å². The lowest BCUT2D eigenvalue weighted by atomic mass is 9.86. The first-order valence-electron chi connectivity index (χ1n) is 10.4. The predicted octanol–water partition coefficient (Wildman–Crippen LogP) is 5.72. The zero-order chi connectivity index (χ0) is 24.1. The lowest BCUT2D eigenvalue weighted by Gasteiger charge is -2.21. The average Bonchev–Trinajstić information content (AvgIpc) is 2.77. The van der Waals surface area contributed by atoms with E-state index in [9.17, 15) is 22.8 Å². The number of hydrogen-bond acceptors (Lipinski definition) is 3. The molecule has 2 atom stereocenters. The van der Waals surface area contributed by atoms with Gasteiger partial charge < -0.3 is 5.73 Å². The number of benzene rings is 2. The number of nitrogens with two attached hydrogens (primary N) is 1. The van der Waals surface area contributed by atoms with Crippen molar-refractivity contribution in [3.63, 3.8) is 0 Å². The van der Waals surface area contributed by atoms with E-state index in [4.69, 9.17) is 5.73 Å². The number of rotatable bonds is 9. The lowest BCUT2D eigenvalue weighted by molar-refractivity contribution is -0.118. The molecule has 0 radical (unpaired) electrons. The maximum atomic E-state index is 14.0. The minimum absolute atomic E-state index is 0.0653. The van der Waals surface area contributed by atoms with Gasteiger partial charge >= 0.3 is 0 Å². The van der Waals surface area contributed by atoms with Crippen molar-refractivity contribution >= 4 is 27.6 Å². The molecule has 0 spiro atoms. The van der Waals surface area contributed by atoms with Gasteiger partial charge in [-0.3, -0.25) is 14.6 Å². The van der Waals surface area contributed by atoms with Gasteiger partial charge in [-0.2, -0.15) is 0 Å². The van der Waals surface area contributed by atoms with E-state index in [0.29, 0.717) is 28.8 Å². The van der Waals surface area contributed by atoms with E-state index in [2.05, 4.69) is 20.9 Å². The summed E-state index contributed by atoms with van der Waals surface area (Å²) >= 11 is 3.37. The van der Waals surface area contributed by atoms with Crippen LogP contribution in [-0.2, 0) is 11.2 Å². The molecule has 3 aromatic rings. The van der Waals surface area contributed by atoms with Crippen LogP contribution in [0.15, 0.2) is 54.7 Å². The summed E-state index contributed by atoms with van der Waals surface area (Å²) in [5.74, 6) is -3.69. The third-order valence-corrected chi connectivity index (χ3v) is 6.49. The second-order valence-electron chi connectivity index (χ2n) is 7.72. The van der Waals surface area contributed by atoms with Gasteiger partial charge in [0.1, 0.15) is 23.2 Å². The van der Waals surface area contributed by atoms with Crippen molar-refractivity contribution in [3.05, 3.63) is 89.0 Å². The largest absolute Gasteiger partial charge is 0.366 e. The van der Waals surface area contributed by atoms with Crippen molar-refractivity contribution in [1.29, 1.82) is 0 Å². The number of alkyl halides is 1. The Morgan fingerprint density at radius 1 is 1.06 bits per heavy atom. The molecule has 0 saturated carbocycles. The number of nitrogens with zero attached hydrogens (tertiary/aromatic N) is 1. The topological polar surface area (TPSA) is 73.1 Å². The van der Waals surface area contributed by atoms with Crippen molar-refractivity contribution in [3.8, 4) is 11.1 Å². The molecule has 3 rings (SSSR count). The van der Waals surface area contributed by atoms with Gasteiger partial charge in [-0.05, 0) is 54.3 Å². The summed E-state index contributed by atoms with van der Waals surface area (Å²) in [7, 11) is 0. The quantitative estimate of drug-likeness (QED) is 0.368. The van der Waals surface area contributed by atoms with Gasteiger partial charge in [0.25, 0.3) is 5.91 Å². The molecule has 1 aromatic heterocycles. The summed E-state index contributed by atoms with van der Waals surface area (Å²) in [5.41, 5.74) is 6.94. The fourth-order valence-corrected chi connectivity index (χ4v) is 3.93. The van der Waals surface area contributed by atoms with Crippen molar-refractivity contribution in [1.82, 2.24) is 4.98 Å². The van der Waals surface area contributed by atoms with Gasteiger partial charge in [0.2, 0.25) is 0 Å². The van der Waals surface area contributed by atoms with E-state index in [1.54, 1.807) is 18.3 Å². The minimum atomic E-state index is -0.910. The molecule has 0 aliphatic rings. The van der Waals surface area contributed by atoms with Crippen molar-refractivity contribution in [2.75, 3.05) is 0 Å². The number of pyridine rings is 1. The number of aromatic nitrogens is 1. The number of ketones is 1. The number of carbonyl (C=O) groups excluding carboxylic acids is 2. The highest BCUT2D eigenvalue weighted by Gasteiger charge is 2.25. The van der Waals surface area contributed by atoms with Crippen LogP contribution in [0.4, 0.5) is 13.2 Å². The summed E-state index contributed by atoms with van der Waals surface area (Å²) in [6, 6.07) is 10.6. The highest BCUT2D eigenvalue weighted by Crippen LogP contribution is 2.34. The van der Waals surface area contributed by atoms with E-state index in [0.717, 1.165) is 12.1 Å². The Bertz CT molecular complexity index is 1170. The van der Waals surface area contributed by atoms with Gasteiger partial charge in [0.15, 0.2) is 0 Å². The third kappa shape index (κ3) is 6.07. The van der Waals surface area contributed by atoms with Crippen LogP contribution >= 0.6 is 15.9 Å². The molecular weight excluding hydrogens is 497 g/mol. The first kappa shape index (κ1) is 24.6. The molecule has 1 amide bonds. The number of primary amides is 1. The Balaban J connectivity index is 2.10. The van der Waals surface area contributed by atoms with Crippen LogP contribution in [0, 0.1) is 17.5 Å². The van der Waals surface area contributed by atoms with Crippen LogP contribution in [0.2, 0.25) is 0 Å². The molecule has 33 heavy (non-hydrogen) atoms. The fourth-order valence-electron chi connectivity index (χ4n) is 3.75. The molecule has 1 unspecified atom stereocenters. The molecule has 0 aliphatic heterocycles. The average molecular weight is 519 g/mol. The number of halogens is 4. The number of amides is 1. The summed E-state index contributed by atoms with van der Waals surface area (Å²) in [6.07, 6.45) is 2.34. The van der Waals surface area contributed by atoms with E-state index >= 15 is 0 Å². The number of hydrogen-bond donors (Lipinski definition) is 1. The molecule has 0 saturated heterocycles. The molecule has 2 aromatic carbocycles. The minimum Gasteiger partial charge on any atom is -0.366 e. The van der Waals surface area contributed by atoms with Gasteiger partial charge in [0, 0.05) is 30.2 Å². The monoisotopic (exact) mass is 518 g/mol. The Morgan fingerprint density at radius 3 is 2.39 bits per heavy atom. The Kier molecular flexibility index (Phi) is 8.02. The van der Waals surface area contributed by atoms with Crippen LogP contribution in [0.1, 0.15) is 47.3 Å². The maximum Gasteiger partial charge on any atom is 0.251 e. The number of Topliss-reactive ketones (excluding diaryl/α,β-unsaturated/α-hetero) is 1. The summed E-state index contributed by atoms with van der Waals surface area (Å²) < 4.78 is 41.7. The highest BCUT2D eigenvalue weighted by molar-refractivity contribution is 9.10. The van der Waals surface area contributed by atoms with Crippen molar-refractivity contribution < 1.29 is 22.8 Å². The van der Waals surface area contributed by atoms with Crippen molar-refractivity contribution in [2.24, 2.45) is 5.73 Å². The summed E-state index contributed by atoms with van der Waals surface area (Å²) in [6.45, 7) is 1.87. The molecule has 2 N–H and O–H groups in total. The predicted molar refractivity (Wildman–Crippen MR) is 124 cm³/mol. The smallest absolute Gasteiger partial charge is 0.251 e. The Hall–Kier alpha value is -3.00. The normalized spacial score (nSPS) is 12.9. The summed E-state index contributed by atoms with van der Waals surface area (Å²) in [5, 5.41) is 0. The molecule has 8 heteroatoms. The molecule has 0 bridgehead atoms. The second-order valence-corrected chi connectivity index (χ2v) is 8.83. The molecule has 1 heterocycles. The van der Waals surface area contributed by atoms with Crippen LogP contribution in [0.25, 0.3) is 11.1 Å². The van der Waals surface area contributed by atoms with Crippen LogP contribution < -0.4 is 5.73 Å². The van der Waals surface area contributed by atoms with Gasteiger partial charge in [-0.25, -0.2) is 13.2 Å². The van der Waals surface area contributed by atoms with E-state index in [-0.39, 0.29) is 29.0 Å². The third-order valence-electron chi connectivity index (χ3n) is 5.33. The van der Waals surface area contributed by atoms with E-state index < -0.39 is 29.3 Å². The first-order chi connectivity index (χ1) is 15.7. The molecular formula is C25H22BrF3N2O2. The van der Waals surface area contributed by atoms with Crippen molar-refractivity contribution in [2.45, 2.75) is 36.9 Å². The zero-order valence-electron chi connectivity index (χ0n) is 17.8. The van der Waals surface area contributed by atoms with E-state index in [1.807, 2.05) is 6.92 Å². The molecule has 0 aliphatic carbocycles. The molecule has 4 nitrogen and oxygen atoms in total. The van der Waals surface area contributed by atoms with Gasteiger partial charge in [-0.1, -0.05) is 35.0 Å². The fraction of sp³-hybridized carbons (Fsp3) is 0.240. The first-order valence-corrected chi connectivity index (χ1v) is 11.3. The van der Waals surface area contributed by atoms with Crippen LogP contribution in [-0.4, -0.2) is 21.5 Å². The lowest BCUT2D eigenvalue weighted by Crippen LogP contribution is -2.19. The highest BCUT2D eigenvalue weighted by atomic mass is 79.9. The molecule has 0 fully saturated rings. The standard InChI is InChI=1S/C25H22BrF3N2O2/c1-2-21(26)23(32)12-16(8-14-9-17(27)13-18(28)10-14)24-19(4-3-7-31-24)15-5-6-22(29)20(11-15)25(30)33/h3-7,9-11,13,16,21H,2,8,12H2,1H3,(H2,30,33)/t16-,21?/m1/s1. The zero-order valence-corrected chi connectivity index (χ0v) is 19.4. The SMILES string of the molecule is CCC(Br)C(=O)C[C@@H](Cc1cc(F)cc(F)c1)c1ncccc1-c1ccc(F)c(C(N)=O)c1. The number of carbonyl (C=O) groups is 2. The maximum absolute atomic E-state index is 14.0. The molecule has 172 valence electrons. The second kappa shape index (κ2) is 10.7. The van der Waals surface area contributed by atoms with Crippen LogP contribution in [0.5, 0.6) is 0 Å².